The molecule has 3 unspecified atom stereocenters. The average molecular weight is 1440 g/mol. The number of aromatic nitrogens is 2. The predicted octanol–water partition coefficient (Wildman–Crippen LogP) is -1.51. The number of ether oxygens (including phenoxy) is 3. The van der Waals surface area contributed by atoms with Gasteiger partial charge in [-0.1, -0.05) is 39.8 Å². The van der Waals surface area contributed by atoms with Crippen LogP contribution < -0.4 is 38.1 Å². The number of carboxylic acid groups (broad SMARTS) is 1. The Balaban J connectivity index is 0.653. The van der Waals surface area contributed by atoms with E-state index in [1.807, 2.05) is 6.07 Å². The van der Waals surface area contributed by atoms with E-state index in [9.17, 15) is 93.5 Å². The highest BCUT2D eigenvalue weighted by Gasteiger charge is 2.59. The predicted molar refractivity (Wildman–Crippen MR) is 345 cm³/mol. The Hall–Kier alpha value is -6.95. The van der Waals surface area contributed by atoms with Gasteiger partial charge in [-0.25, -0.2) is 18.7 Å². The molecule has 39 heteroatoms. The summed E-state index contributed by atoms with van der Waals surface area (Å²) in [6.45, 7) is -2.10. The summed E-state index contributed by atoms with van der Waals surface area (Å²) in [5, 5.41) is 93.9. The Labute approximate surface area is 560 Å². The highest BCUT2D eigenvalue weighted by atomic mass is 33.7. The fourth-order valence-corrected chi connectivity index (χ4v) is 17.1. The van der Waals surface area contributed by atoms with Crippen LogP contribution in [0.15, 0.2) is 86.9 Å². The van der Waals surface area contributed by atoms with Crippen LogP contribution in [-0.4, -0.2) is 245 Å². The number of nitrogens with zero attached hydrogens (tertiary/aromatic N) is 4. The van der Waals surface area contributed by atoms with Gasteiger partial charge >= 0.3 is 19.5 Å². The van der Waals surface area contributed by atoms with Crippen LogP contribution in [-0.2, 0) is 56.6 Å². The fraction of sp³-hybridized carbons (Fsp3) is 0.474. The molecule has 0 saturated carbocycles. The Morgan fingerprint density at radius 3 is 2.19 bits per heavy atom. The molecule has 3 saturated heterocycles. The van der Waals surface area contributed by atoms with E-state index in [1.54, 1.807) is 40.1 Å². The van der Waals surface area contributed by atoms with Crippen molar-refractivity contribution in [2.75, 3.05) is 89.5 Å². The van der Waals surface area contributed by atoms with E-state index in [4.69, 9.17) is 33.4 Å². The zero-order valence-corrected chi connectivity index (χ0v) is 54.8. The number of benzene rings is 3. The first-order valence-electron chi connectivity index (χ1n) is 29.5. The topological polar surface area (TPSA) is 511 Å². The summed E-state index contributed by atoms with van der Waals surface area (Å²) in [5.41, 5.74) is 6.84. The van der Waals surface area contributed by atoms with E-state index in [-0.39, 0.29) is 93.4 Å². The molecular formula is C57H70N9O25PS4. The number of amides is 6. The number of hydrogen-bond acceptors (Lipinski definition) is 29. The first kappa shape index (κ1) is 74.8. The second-order valence-corrected chi connectivity index (χ2v) is 29.4. The number of aromatic hydroxyl groups is 1. The van der Waals surface area contributed by atoms with Gasteiger partial charge < -0.3 is 101 Å². The maximum atomic E-state index is 14.1. The largest absolute Gasteiger partial charge is 0.508 e. The standard InChI is InChI=1S/C57H70N9O25PS4/c58-41-12-15-66(56(83)62-41)54-51(79)50(78)40(89-54)27-87-92(84,85)91-57(55(81)82)24-36(70)48(52(90-57)49(77)37(71)26-67)63-44(74)25-61-43(73)7-3-6-42(72)59-13-20-93-95-96-94-21-14-60-45(75)28-86-29-46(76)64-16-18-65(19-17-64)53(80)33-5-2-1-4-32(33)47-34-10-8-30(68)22-38(34)88-39-23-31(69)9-11-35(39)47/h1-2,4-5,8-12,15,22-23,36-37,40,48-52,54,67-68,70-71,77-79H,3,6-7,13-14,16-21,24-29H2,(H,59,72)(H,60,75)(H,61,73)(H,63,74)(H,81,82)(H,84,85)(H2,58,62,83)/t36?,37-,40-,48-,49?,50-,51-,52-,54-,57-/m1/s1. The molecule has 0 spiro atoms. The molecule has 1 aliphatic carbocycles. The number of aliphatic hydroxyl groups is 6. The van der Waals surface area contributed by atoms with Crippen LogP contribution in [0.25, 0.3) is 33.4 Å². The van der Waals surface area contributed by atoms with Crippen molar-refractivity contribution in [1.29, 1.82) is 0 Å². The SMILES string of the molecule is Nc1ccn([C@@H]2O[C@H](COP(=O)(O)O[C@@]3(C(=O)O)CC(O)[C@@H](NC(=O)CNC(=O)CCCC(=O)NCCSSSSCCNC(=O)COCC(=O)N4CCN(C(=O)c5ccccc5-c5c6ccc(=O)cc-6oc6cc(O)ccc56)CC4)[C@H](C(O)[C@H](O)CO)O3)[C@@H](O)[C@H]2O)c(=O)n1. The smallest absolute Gasteiger partial charge is 0.475 e. The normalized spacial score (nSPS) is 22.4. The number of anilines is 1. The van der Waals surface area contributed by atoms with Crippen molar-refractivity contribution in [2.24, 2.45) is 0 Å². The minimum atomic E-state index is -5.70. The number of piperazine rings is 1. The number of phosphoric acid groups is 1. The summed E-state index contributed by atoms with van der Waals surface area (Å²) in [4.78, 5) is 132. The maximum Gasteiger partial charge on any atom is 0.475 e. The highest BCUT2D eigenvalue weighted by molar-refractivity contribution is 9.26. The number of rotatable bonds is 32. The van der Waals surface area contributed by atoms with Crippen LogP contribution >= 0.6 is 49.1 Å². The van der Waals surface area contributed by atoms with Crippen molar-refractivity contribution in [3.8, 4) is 28.2 Å². The second kappa shape index (κ2) is 34.5. The highest BCUT2D eigenvalue weighted by Crippen LogP contribution is 2.52. The number of nitrogens with one attached hydrogen (secondary N) is 4. The second-order valence-electron chi connectivity index (χ2n) is 21.8. The van der Waals surface area contributed by atoms with Gasteiger partial charge in [-0.2, -0.15) is 4.98 Å². The van der Waals surface area contributed by atoms with Crippen molar-refractivity contribution in [1.82, 2.24) is 40.6 Å². The summed E-state index contributed by atoms with van der Waals surface area (Å²) in [6, 6.07) is 15.5. The molecule has 5 heterocycles. The number of fused-ring (bicyclic) bond motifs is 2. The minimum absolute atomic E-state index is 0.0276. The maximum absolute atomic E-state index is 14.1. The Bertz CT molecular complexity index is 3740. The quantitative estimate of drug-likeness (QED) is 0.0101. The first-order chi connectivity index (χ1) is 45.8. The van der Waals surface area contributed by atoms with E-state index >= 15 is 0 Å². The van der Waals surface area contributed by atoms with Crippen molar-refractivity contribution in [2.45, 2.75) is 86.5 Å². The lowest BCUT2D eigenvalue weighted by Crippen LogP contribution is -2.68. The summed E-state index contributed by atoms with van der Waals surface area (Å²) >= 11 is 0. The summed E-state index contributed by atoms with van der Waals surface area (Å²) < 4.78 is 46.0. The minimum Gasteiger partial charge on any atom is -0.508 e. The number of aliphatic hydroxyl groups excluding tert-OH is 6. The molecule has 0 radical (unpaired) electrons. The molecular weight excluding hydrogens is 1370 g/mol. The van der Waals surface area contributed by atoms with E-state index in [0.717, 1.165) is 10.8 Å². The number of carbonyl (C=O) groups excluding carboxylic acids is 6. The van der Waals surface area contributed by atoms with Gasteiger partial charge in [-0.3, -0.25) is 42.7 Å². The van der Waals surface area contributed by atoms with Gasteiger partial charge in [0.1, 0.15) is 72.7 Å². The molecule has 1 aromatic heterocycles. The molecule has 15 N–H and O–H groups in total. The number of aliphatic carboxylic acids is 1. The number of nitrogens with two attached hydrogens (primary N) is 1. The number of nitrogen functional groups attached to an aromatic ring is 1. The lowest BCUT2D eigenvalue weighted by Gasteiger charge is -2.46. The van der Waals surface area contributed by atoms with Crippen molar-refractivity contribution < 1.29 is 112 Å². The lowest BCUT2D eigenvalue weighted by atomic mass is 9.88. The van der Waals surface area contributed by atoms with Crippen molar-refractivity contribution in [3.05, 3.63) is 99.2 Å². The van der Waals surface area contributed by atoms with E-state index in [0.29, 0.717) is 63.6 Å². The van der Waals surface area contributed by atoms with Gasteiger partial charge in [-0.05, 0) is 68.0 Å². The third-order valence-electron chi connectivity index (χ3n) is 15.1. The lowest BCUT2D eigenvalue weighted by molar-refractivity contribution is -0.289. The molecule has 0 bridgehead atoms. The number of carbonyl (C=O) groups is 7. The van der Waals surface area contributed by atoms with E-state index in [1.165, 1.54) is 71.6 Å². The number of carboxylic acids is 1. The molecule has 11 atom stereocenters. The Morgan fingerprint density at radius 1 is 0.823 bits per heavy atom. The van der Waals surface area contributed by atoms with Gasteiger partial charge in [0, 0.05) is 110 Å². The van der Waals surface area contributed by atoms with Crippen molar-refractivity contribution >= 4 is 107 Å². The molecule has 6 amide bonds. The monoisotopic (exact) mass is 1440 g/mol. The van der Waals surface area contributed by atoms with Crippen LogP contribution in [0.3, 0.4) is 0 Å². The first-order valence-corrected chi connectivity index (χ1v) is 36.1. The molecule has 522 valence electrons. The molecule has 96 heavy (non-hydrogen) atoms. The van der Waals surface area contributed by atoms with Gasteiger partial charge in [0.2, 0.25) is 29.5 Å². The number of phosphoric ester groups is 1. The van der Waals surface area contributed by atoms with Gasteiger partial charge in [0.05, 0.1) is 31.9 Å². The van der Waals surface area contributed by atoms with Crippen LogP contribution in [0.1, 0.15) is 42.3 Å². The van der Waals surface area contributed by atoms with E-state index < -0.39 is 124 Å². The summed E-state index contributed by atoms with van der Waals surface area (Å²) in [7, 11) is 0.155. The van der Waals surface area contributed by atoms with Gasteiger partial charge in [-0.15, -0.1) is 0 Å². The number of phenols is 1. The molecule has 3 aromatic rings. The molecule has 34 nitrogen and oxygen atoms in total. The van der Waals surface area contributed by atoms with Crippen LogP contribution in [0, 0.1) is 0 Å². The van der Waals surface area contributed by atoms with Gasteiger partial charge in [0.25, 0.3) is 11.7 Å². The van der Waals surface area contributed by atoms with E-state index in [2.05, 4.69) is 26.3 Å². The van der Waals surface area contributed by atoms with Crippen LogP contribution in [0.4, 0.5) is 5.82 Å². The fourth-order valence-electron chi connectivity index (χ4n) is 10.4. The van der Waals surface area contributed by atoms with Crippen LogP contribution in [0.5, 0.6) is 5.75 Å². The summed E-state index contributed by atoms with van der Waals surface area (Å²) in [6.07, 6.45) is -16.1. The van der Waals surface area contributed by atoms with Crippen LogP contribution in [0.2, 0.25) is 0 Å². The summed E-state index contributed by atoms with van der Waals surface area (Å²) in [5.74, 6) is -7.48. The molecule has 4 aliphatic heterocycles. The number of hydrogen-bond donors (Lipinski definition) is 14. The Morgan fingerprint density at radius 2 is 1.50 bits per heavy atom. The Kier molecular flexibility index (Phi) is 26.9. The van der Waals surface area contributed by atoms with Gasteiger partial charge in [0.15, 0.2) is 11.7 Å². The molecule has 2 aromatic carbocycles. The molecule has 5 aliphatic rings. The average Bonchev–Trinajstić information content (AvgIpc) is 0.810. The number of phenolic OH excluding ortho intramolecular Hbond substituents is 1. The third-order valence-corrected chi connectivity index (χ3v) is 22.6. The third kappa shape index (κ3) is 19.7. The van der Waals surface area contributed by atoms with Crippen molar-refractivity contribution in [3.63, 3.8) is 0 Å². The zero-order valence-electron chi connectivity index (χ0n) is 50.6. The molecule has 8 rings (SSSR count). The molecule has 3 fully saturated rings. The zero-order chi connectivity index (χ0) is 69.4.